The number of amides is 1. The predicted octanol–water partition coefficient (Wildman–Crippen LogP) is 2.15. The number of hydrogen-bond acceptors (Lipinski definition) is 3. The molecule has 5 nitrogen and oxygen atoms in total. The maximum absolute atomic E-state index is 12.2. The van der Waals surface area contributed by atoms with Gasteiger partial charge in [0.05, 0.1) is 6.42 Å². The summed E-state index contributed by atoms with van der Waals surface area (Å²) in [7, 11) is 0. The molecule has 1 atom stereocenters. The lowest BCUT2D eigenvalue weighted by Crippen LogP contribution is -2.39. The summed E-state index contributed by atoms with van der Waals surface area (Å²) in [5, 5.41) is 8.88. The van der Waals surface area contributed by atoms with E-state index < -0.39 is 5.97 Å². The zero-order chi connectivity index (χ0) is 15.4. The average Bonchev–Trinajstić information content (AvgIpc) is 2.85. The van der Waals surface area contributed by atoms with Crippen molar-refractivity contribution in [3.63, 3.8) is 0 Å². The zero-order valence-corrected chi connectivity index (χ0v) is 12.5. The monoisotopic (exact) mass is 291 g/mol. The number of nitrogens with zero attached hydrogens (tertiary/aromatic N) is 1. The Kier molecular flexibility index (Phi) is 4.83. The first kappa shape index (κ1) is 15.4. The minimum Gasteiger partial charge on any atom is -0.483 e. The van der Waals surface area contributed by atoms with Crippen molar-refractivity contribution in [3.05, 3.63) is 29.3 Å². The fraction of sp³-hybridized carbons (Fsp3) is 0.500. The van der Waals surface area contributed by atoms with E-state index in [0.29, 0.717) is 6.54 Å². The number of carboxylic acid groups (broad SMARTS) is 1. The molecule has 2 rings (SSSR count). The van der Waals surface area contributed by atoms with Gasteiger partial charge in [-0.05, 0) is 37.8 Å². The molecule has 1 aromatic carbocycles. The van der Waals surface area contributed by atoms with Crippen molar-refractivity contribution in [1.29, 1.82) is 0 Å². The molecule has 1 amide bonds. The van der Waals surface area contributed by atoms with Crippen LogP contribution in [0.2, 0.25) is 0 Å². The molecule has 1 aliphatic heterocycles. The van der Waals surface area contributed by atoms with Crippen LogP contribution >= 0.6 is 0 Å². The average molecular weight is 291 g/mol. The highest BCUT2D eigenvalue weighted by molar-refractivity contribution is 5.79. The van der Waals surface area contributed by atoms with E-state index in [-0.39, 0.29) is 25.0 Å². The normalized spacial score (nSPS) is 17.8. The second-order valence-corrected chi connectivity index (χ2v) is 5.49. The Balaban J connectivity index is 1.97. The highest BCUT2D eigenvalue weighted by Gasteiger charge is 2.30. The topological polar surface area (TPSA) is 66.8 Å². The summed E-state index contributed by atoms with van der Waals surface area (Å²) in [5.74, 6) is -0.267. The van der Waals surface area contributed by atoms with Crippen molar-refractivity contribution in [3.8, 4) is 5.75 Å². The third-order valence-electron chi connectivity index (χ3n) is 3.86. The van der Waals surface area contributed by atoms with Gasteiger partial charge < -0.3 is 14.7 Å². The van der Waals surface area contributed by atoms with Gasteiger partial charge in [0, 0.05) is 12.6 Å². The fourth-order valence-electron chi connectivity index (χ4n) is 2.82. The van der Waals surface area contributed by atoms with Crippen molar-refractivity contribution in [2.75, 3.05) is 13.2 Å². The Hall–Kier alpha value is -2.04. The van der Waals surface area contributed by atoms with Gasteiger partial charge in [0.15, 0.2) is 6.61 Å². The quantitative estimate of drug-likeness (QED) is 0.902. The van der Waals surface area contributed by atoms with Crippen molar-refractivity contribution in [2.24, 2.45) is 0 Å². The molecule has 5 heteroatoms. The van der Waals surface area contributed by atoms with Gasteiger partial charge in [-0.2, -0.15) is 0 Å². The third kappa shape index (κ3) is 3.74. The number of aliphatic carboxylic acids is 1. The standard InChI is InChI=1S/C16H21NO4/c1-11-5-3-6-12(2)16(11)21-10-14(18)17-8-4-7-13(17)9-15(19)20/h3,5-6,13H,4,7-10H2,1-2H3,(H,19,20). The second kappa shape index (κ2) is 6.61. The molecular weight excluding hydrogens is 270 g/mol. The molecule has 0 aromatic heterocycles. The lowest BCUT2D eigenvalue weighted by molar-refractivity contribution is -0.140. The highest BCUT2D eigenvalue weighted by Crippen LogP contribution is 2.24. The van der Waals surface area contributed by atoms with Crippen molar-refractivity contribution in [1.82, 2.24) is 4.90 Å². The smallest absolute Gasteiger partial charge is 0.305 e. The largest absolute Gasteiger partial charge is 0.483 e. The maximum atomic E-state index is 12.2. The third-order valence-corrected chi connectivity index (χ3v) is 3.86. The van der Waals surface area contributed by atoms with Crippen LogP contribution in [0.1, 0.15) is 30.4 Å². The summed E-state index contributed by atoms with van der Waals surface area (Å²) in [6.45, 7) is 4.46. The van der Waals surface area contributed by atoms with Crippen LogP contribution in [0.4, 0.5) is 0 Å². The van der Waals surface area contributed by atoms with Gasteiger partial charge in [0.2, 0.25) is 0 Å². The van der Waals surface area contributed by atoms with Crippen LogP contribution in [-0.4, -0.2) is 41.1 Å². The van der Waals surface area contributed by atoms with Gasteiger partial charge in [0.1, 0.15) is 5.75 Å². The van der Waals surface area contributed by atoms with Crippen LogP contribution in [0.15, 0.2) is 18.2 Å². The Morgan fingerprint density at radius 1 is 1.33 bits per heavy atom. The minimum atomic E-state index is -0.865. The highest BCUT2D eigenvalue weighted by atomic mass is 16.5. The Morgan fingerprint density at radius 3 is 2.62 bits per heavy atom. The number of likely N-dealkylation sites (tertiary alicyclic amines) is 1. The summed E-state index contributed by atoms with van der Waals surface area (Å²) in [6.07, 6.45) is 1.61. The molecular formula is C16H21NO4. The van der Waals surface area contributed by atoms with Gasteiger partial charge in [-0.3, -0.25) is 9.59 Å². The van der Waals surface area contributed by atoms with E-state index in [0.717, 1.165) is 29.7 Å². The van der Waals surface area contributed by atoms with E-state index in [1.807, 2.05) is 32.0 Å². The molecule has 0 spiro atoms. The second-order valence-electron chi connectivity index (χ2n) is 5.49. The van der Waals surface area contributed by atoms with Crippen LogP contribution in [0.3, 0.4) is 0 Å². The summed E-state index contributed by atoms with van der Waals surface area (Å²) in [5.41, 5.74) is 1.98. The van der Waals surface area contributed by atoms with E-state index in [2.05, 4.69) is 0 Å². The molecule has 1 N–H and O–H groups in total. The molecule has 114 valence electrons. The lowest BCUT2D eigenvalue weighted by Gasteiger charge is -2.24. The first-order chi connectivity index (χ1) is 9.99. The molecule has 1 aliphatic rings. The SMILES string of the molecule is Cc1cccc(C)c1OCC(=O)N1CCCC1CC(=O)O. The van der Waals surface area contributed by atoms with Gasteiger partial charge >= 0.3 is 5.97 Å². The van der Waals surface area contributed by atoms with E-state index in [9.17, 15) is 9.59 Å². The zero-order valence-electron chi connectivity index (χ0n) is 12.5. The predicted molar refractivity (Wildman–Crippen MR) is 78.4 cm³/mol. The molecule has 21 heavy (non-hydrogen) atoms. The molecule has 0 bridgehead atoms. The first-order valence-electron chi connectivity index (χ1n) is 7.19. The van der Waals surface area contributed by atoms with Gasteiger partial charge in [0.25, 0.3) is 5.91 Å². The van der Waals surface area contributed by atoms with Crippen LogP contribution < -0.4 is 4.74 Å². The summed E-state index contributed by atoms with van der Waals surface area (Å²) in [4.78, 5) is 24.7. The Bertz CT molecular complexity index is 521. The lowest BCUT2D eigenvalue weighted by atomic mass is 10.1. The van der Waals surface area contributed by atoms with Crippen molar-refractivity contribution >= 4 is 11.9 Å². The van der Waals surface area contributed by atoms with E-state index in [1.54, 1.807) is 4.90 Å². The first-order valence-corrected chi connectivity index (χ1v) is 7.19. The minimum absolute atomic E-state index is 0.00906. The molecule has 1 heterocycles. The molecule has 0 radical (unpaired) electrons. The molecule has 0 aliphatic carbocycles. The number of rotatable bonds is 5. The van der Waals surface area contributed by atoms with Crippen LogP contribution in [0, 0.1) is 13.8 Å². The number of ether oxygens (including phenoxy) is 1. The van der Waals surface area contributed by atoms with Crippen LogP contribution in [-0.2, 0) is 9.59 Å². The number of carbonyl (C=O) groups is 2. The Labute approximate surface area is 124 Å². The molecule has 0 saturated carbocycles. The fourth-order valence-corrected chi connectivity index (χ4v) is 2.82. The van der Waals surface area contributed by atoms with Gasteiger partial charge in [-0.1, -0.05) is 18.2 Å². The van der Waals surface area contributed by atoms with E-state index in [4.69, 9.17) is 9.84 Å². The van der Waals surface area contributed by atoms with Crippen molar-refractivity contribution < 1.29 is 19.4 Å². The van der Waals surface area contributed by atoms with Crippen LogP contribution in [0.25, 0.3) is 0 Å². The summed E-state index contributed by atoms with van der Waals surface area (Å²) >= 11 is 0. The molecule has 1 aromatic rings. The summed E-state index contributed by atoms with van der Waals surface area (Å²) in [6, 6.07) is 5.63. The van der Waals surface area contributed by atoms with Gasteiger partial charge in [-0.15, -0.1) is 0 Å². The number of carbonyl (C=O) groups excluding carboxylic acids is 1. The van der Waals surface area contributed by atoms with Crippen LogP contribution in [0.5, 0.6) is 5.75 Å². The molecule has 1 saturated heterocycles. The number of benzene rings is 1. The number of carboxylic acids is 1. The maximum Gasteiger partial charge on any atom is 0.305 e. The van der Waals surface area contributed by atoms with E-state index in [1.165, 1.54) is 0 Å². The summed E-state index contributed by atoms with van der Waals surface area (Å²) < 4.78 is 5.66. The van der Waals surface area contributed by atoms with Crippen molar-refractivity contribution in [2.45, 2.75) is 39.2 Å². The molecule has 1 fully saturated rings. The number of para-hydroxylation sites is 1. The Morgan fingerprint density at radius 2 is 2.00 bits per heavy atom. The number of hydrogen-bond donors (Lipinski definition) is 1. The molecule has 1 unspecified atom stereocenters. The van der Waals surface area contributed by atoms with Gasteiger partial charge in [-0.25, -0.2) is 0 Å². The number of aryl methyl sites for hydroxylation is 2. The van der Waals surface area contributed by atoms with E-state index >= 15 is 0 Å².